The lowest BCUT2D eigenvalue weighted by molar-refractivity contribution is 0.413. The summed E-state index contributed by atoms with van der Waals surface area (Å²) in [6, 6.07) is 6.27. The molecule has 0 saturated heterocycles. The van der Waals surface area contributed by atoms with E-state index in [1.54, 1.807) is 0 Å². The van der Waals surface area contributed by atoms with E-state index in [-0.39, 0.29) is 0 Å². The number of benzene rings is 1. The van der Waals surface area contributed by atoms with Crippen LogP contribution in [-0.4, -0.2) is 38.6 Å². The first-order valence-electron chi connectivity index (χ1n) is 6.31. The molecule has 0 amide bonds. The molecule has 1 rings (SSSR count). The van der Waals surface area contributed by atoms with Gasteiger partial charge in [-0.1, -0.05) is 19.1 Å². The monoisotopic (exact) mass is 235 g/mol. The lowest BCUT2D eigenvalue weighted by atomic mass is 10.1. The van der Waals surface area contributed by atoms with Crippen molar-refractivity contribution in [1.29, 1.82) is 0 Å². The van der Waals surface area contributed by atoms with Crippen molar-refractivity contribution in [1.82, 2.24) is 4.90 Å². The molecule has 0 spiro atoms. The molecule has 0 aliphatic carbocycles. The van der Waals surface area contributed by atoms with Gasteiger partial charge in [0.05, 0.1) is 11.4 Å². The summed E-state index contributed by atoms with van der Waals surface area (Å²) in [4.78, 5) is 4.58. The summed E-state index contributed by atoms with van der Waals surface area (Å²) in [5, 5.41) is 0. The van der Waals surface area contributed by atoms with Crippen LogP contribution in [0.4, 0.5) is 11.4 Å². The summed E-state index contributed by atoms with van der Waals surface area (Å²) < 4.78 is 0. The highest BCUT2D eigenvalue weighted by molar-refractivity contribution is 5.70. The van der Waals surface area contributed by atoms with Crippen molar-refractivity contribution in [2.24, 2.45) is 0 Å². The van der Waals surface area contributed by atoms with E-state index in [0.29, 0.717) is 0 Å². The SMILES string of the molecule is CCCN(CCN(C)C)c1cccc(C)c1N. The summed E-state index contributed by atoms with van der Waals surface area (Å²) in [7, 11) is 4.20. The van der Waals surface area contributed by atoms with E-state index in [9.17, 15) is 0 Å². The molecule has 3 nitrogen and oxygen atoms in total. The maximum atomic E-state index is 6.16. The molecule has 0 radical (unpaired) electrons. The fraction of sp³-hybridized carbons (Fsp3) is 0.571. The van der Waals surface area contributed by atoms with E-state index < -0.39 is 0 Å². The topological polar surface area (TPSA) is 32.5 Å². The molecule has 1 aromatic carbocycles. The maximum absolute atomic E-state index is 6.16. The van der Waals surface area contributed by atoms with E-state index in [0.717, 1.165) is 37.3 Å². The van der Waals surface area contributed by atoms with E-state index in [2.05, 4.69) is 55.9 Å². The summed E-state index contributed by atoms with van der Waals surface area (Å²) in [5.74, 6) is 0. The van der Waals surface area contributed by atoms with Crippen molar-refractivity contribution < 1.29 is 0 Å². The fourth-order valence-corrected chi connectivity index (χ4v) is 1.88. The van der Waals surface area contributed by atoms with Gasteiger partial charge in [-0.05, 0) is 39.1 Å². The summed E-state index contributed by atoms with van der Waals surface area (Å²) in [5.41, 5.74) is 9.42. The summed E-state index contributed by atoms with van der Waals surface area (Å²) in [6.45, 7) is 7.40. The zero-order valence-electron chi connectivity index (χ0n) is 11.5. The standard InChI is InChI=1S/C14H25N3/c1-5-9-17(11-10-16(3)4)13-8-6-7-12(2)14(13)15/h6-8H,5,9-11,15H2,1-4H3. The van der Waals surface area contributed by atoms with Crippen LogP contribution in [0.15, 0.2) is 18.2 Å². The minimum Gasteiger partial charge on any atom is -0.397 e. The molecule has 0 unspecified atom stereocenters. The van der Waals surface area contributed by atoms with Gasteiger partial charge in [-0.3, -0.25) is 0 Å². The summed E-state index contributed by atoms with van der Waals surface area (Å²) in [6.07, 6.45) is 1.14. The molecule has 17 heavy (non-hydrogen) atoms. The molecule has 0 aromatic heterocycles. The van der Waals surface area contributed by atoms with Crippen molar-refractivity contribution >= 4 is 11.4 Å². The molecule has 0 aliphatic heterocycles. The Bertz CT molecular complexity index is 347. The number of nitrogens with zero attached hydrogens (tertiary/aromatic N) is 2. The number of rotatable bonds is 6. The average Bonchev–Trinajstić information content (AvgIpc) is 2.28. The number of anilines is 2. The highest BCUT2D eigenvalue weighted by Gasteiger charge is 2.10. The third kappa shape index (κ3) is 3.93. The zero-order chi connectivity index (χ0) is 12.8. The van der Waals surface area contributed by atoms with Gasteiger partial charge in [0.1, 0.15) is 0 Å². The van der Waals surface area contributed by atoms with Crippen molar-refractivity contribution in [3.63, 3.8) is 0 Å². The number of para-hydroxylation sites is 1. The van der Waals surface area contributed by atoms with Crippen LogP contribution in [0.3, 0.4) is 0 Å². The number of hydrogen-bond donors (Lipinski definition) is 1. The Morgan fingerprint density at radius 3 is 2.41 bits per heavy atom. The average molecular weight is 235 g/mol. The van der Waals surface area contributed by atoms with E-state index in [1.807, 2.05) is 0 Å². The van der Waals surface area contributed by atoms with Crippen molar-refractivity contribution in [3.8, 4) is 0 Å². The Hall–Kier alpha value is -1.22. The molecule has 96 valence electrons. The van der Waals surface area contributed by atoms with Gasteiger partial charge in [0, 0.05) is 19.6 Å². The number of nitrogen functional groups attached to an aromatic ring is 1. The molecule has 0 fully saturated rings. The molecule has 0 saturated carbocycles. The predicted molar refractivity (Wildman–Crippen MR) is 76.6 cm³/mol. The quantitative estimate of drug-likeness (QED) is 0.768. The van der Waals surface area contributed by atoms with Crippen LogP contribution in [0, 0.1) is 6.92 Å². The lowest BCUT2D eigenvalue weighted by Crippen LogP contribution is -2.32. The minimum absolute atomic E-state index is 0.916. The lowest BCUT2D eigenvalue weighted by Gasteiger charge is -2.27. The van der Waals surface area contributed by atoms with Crippen molar-refractivity contribution in [2.75, 3.05) is 44.4 Å². The highest BCUT2D eigenvalue weighted by Crippen LogP contribution is 2.26. The number of hydrogen-bond acceptors (Lipinski definition) is 3. The second-order valence-electron chi connectivity index (χ2n) is 4.80. The van der Waals surface area contributed by atoms with Gasteiger partial charge in [0.25, 0.3) is 0 Å². The first-order chi connectivity index (χ1) is 8.06. The first kappa shape index (κ1) is 13.8. The van der Waals surface area contributed by atoms with Gasteiger partial charge >= 0.3 is 0 Å². The second-order valence-corrected chi connectivity index (χ2v) is 4.80. The molecular weight excluding hydrogens is 210 g/mol. The van der Waals surface area contributed by atoms with Crippen LogP contribution in [0.1, 0.15) is 18.9 Å². The van der Waals surface area contributed by atoms with Crippen LogP contribution in [0.5, 0.6) is 0 Å². The van der Waals surface area contributed by atoms with Crippen LogP contribution in [0.2, 0.25) is 0 Å². The number of nitrogens with two attached hydrogens (primary N) is 1. The normalized spacial score (nSPS) is 10.9. The van der Waals surface area contributed by atoms with E-state index >= 15 is 0 Å². The predicted octanol–water partition coefficient (Wildman–Crippen LogP) is 2.36. The van der Waals surface area contributed by atoms with Gasteiger partial charge in [-0.2, -0.15) is 0 Å². The van der Waals surface area contributed by atoms with Crippen LogP contribution < -0.4 is 10.6 Å². The Morgan fingerprint density at radius 1 is 1.12 bits per heavy atom. The van der Waals surface area contributed by atoms with Crippen LogP contribution in [0.25, 0.3) is 0 Å². The third-order valence-corrected chi connectivity index (χ3v) is 2.95. The summed E-state index contributed by atoms with van der Waals surface area (Å²) >= 11 is 0. The van der Waals surface area contributed by atoms with E-state index in [4.69, 9.17) is 5.73 Å². The Kier molecular flexibility index (Phi) is 5.29. The molecule has 1 aromatic rings. The number of aryl methyl sites for hydroxylation is 1. The first-order valence-corrected chi connectivity index (χ1v) is 6.31. The van der Waals surface area contributed by atoms with Gasteiger partial charge in [-0.15, -0.1) is 0 Å². The van der Waals surface area contributed by atoms with Crippen LogP contribution in [-0.2, 0) is 0 Å². The molecule has 0 aliphatic rings. The molecule has 0 heterocycles. The third-order valence-electron chi connectivity index (χ3n) is 2.95. The molecular formula is C14H25N3. The molecule has 2 N–H and O–H groups in total. The van der Waals surface area contributed by atoms with Crippen molar-refractivity contribution in [3.05, 3.63) is 23.8 Å². The van der Waals surface area contributed by atoms with E-state index in [1.165, 1.54) is 5.69 Å². The minimum atomic E-state index is 0.916. The maximum Gasteiger partial charge on any atom is 0.0603 e. The second kappa shape index (κ2) is 6.50. The van der Waals surface area contributed by atoms with Crippen molar-refractivity contribution in [2.45, 2.75) is 20.3 Å². The Morgan fingerprint density at radius 2 is 1.82 bits per heavy atom. The highest BCUT2D eigenvalue weighted by atomic mass is 15.2. The number of likely N-dealkylation sites (N-methyl/N-ethyl adjacent to an activating group) is 1. The van der Waals surface area contributed by atoms with Gasteiger partial charge in [0.2, 0.25) is 0 Å². The molecule has 0 bridgehead atoms. The van der Waals surface area contributed by atoms with Crippen LogP contribution >= 0.6 is 0 Å². The largest absolute Gasteiger partial charge is 0.397 e. The molecule has 0 atom stereocenters. The smallest absolute Gasteiger partial charge is 0.0603 e. The zero-order valence-corrected chi connectivity index (χ0v) is 11.5. The molecule has 3 heteroatoms. The Balaban J connectivity index is 2.85. The Labute approximate surface area is 105 Å². The van der Waals surface area contributed by atoms with Gasteiger partial charge in [-0.25, -0.2) is 0 Å². The van der Waals surface area contributed by atoms with Gasteiger partial charge in [0.15, 0.2) is 0 Å². The van der Waals surface area contributed by atoms with Gasteiger partial charge < -0.3 is 15.5 Å². The fourth-order valence-electron chi connectivity index (χ4n) is 1.88.